The van der Waals surface area contributed by atoms with Gasteiger partial charge < -0.3 is 19.7 Å². The van der Waals surface area contributed by atoms with Crippen molar-refractivity contribution < 1.29 is 19.7 Å². The molecule has 0 aliphatic rings. The topological polar surface area (TPSA) is 58.9 Å². The fourth-order valence-corrected chi connectivity index (χ4v) is 13.1. The predicted molar refractivity (Wildman–Crippen MR) is 226 cm³/mol. The Balaban J connectivity index is 1.01. The smallest absolute Gasteiger partial charge is 0.207 e. The van der Waals surface area contributed by atoms with Gasteiger partial charge in [-0.25, -0.2) is 0 Å². The quantitative estimate of drug-likeness (QED) is 0.0384. The second-order valence-electron chi connectivity index (χ2n) is 14.7. The first kappa shape index (κ1) is 41.3. The van der Waals surface area contributed by atoms with Crippen molar-refractivity contribution in [2.24, 2.45) is 0 Å². The standard InChI is InChI=1S/C47H67O4P/c1-39-43(45(49)47(51-3)46(50-2)44(39)48)37-29-18-16-14-12-10-8-6-4-5-7-9-11-13-15-17-19-30-38-52(40-31-23-20-24-32-40,41-33-25-21-26-34-41)42-35-27-22-28-36-42/h20-28,31-36,48-49,52H,4-19,29-30,37-38H2,1-3H3. The normalized spacial score (nSPS) is 11.8. The molecule has 0 heterocycles. The number of methoxy groups -OCH3 is 2. The molecule has 0 amide bonds. The Labute approximate surface area is 316 Å². The Bertz CT molecular complexity index is 1440. The summed E-state index contributed by atoms with van der Waals surface area (Å²) in [5.41, 5.74) is 1.43. The average molecular weight is 727 g/mol. The summed E-state index contributed by atoms with van der Waals surface area (Å²) in [4.78, 5) is 0. The summed E-state index contributed by atoms with van der Waals surface area (Å²) in [6.07, 6.45) is 25.7. The van der Waals surface area contributed by atoms with Crippen LogP contribution < -0.4 is 25.4 Å². The van der Waals surface area contributed by atoms with Crippen LogP contribution in [-0.4, -0.2) is 30.6 Å². The molecule has 4 nitrogen and oxygen atoms in total. The first-order valence-electron chi connectivity index (χ1n) is 20.4. The van der Waals surface area contributed by atoms with E-state index in [1.54, 1.807) is 0 Å². The molecular formula is C47H67O4P. The molecule has 284 valence electrons. The molecule has 0 radical (unpaired) electrons. The third kappa shape index (κ3) is 11.8. The third-order valence-corrected chi connectivity index (χ3v) is 16.2. The van der Waals surface area contributed by atoms with Crippen molar-refractivity contribution in [2.75, 3.05) is 20.4 Å². The number of aromatic hydroxyl groups is 2. The summed E-state index contributed by atoms with van der Waals surface area (Å²) < 4.78 is 10.5. The van der Waals surface area contributed by atoms with Gasteiger partial charge in [0, 0.05) is 11.1 Å². The summed E-state index contributed by atoms with van der Waals surface area (Å²) >= 11 is 0. The first-order chi connectivity index (χ1) is 25.5. The van der Waals surface area contributed by atoms with Crippen LogP contribution in [0.1, 0.15) is 127 Å². The van der Waals surface area contributed by atoms with Gasteiger partial charge in [-0.2, -0.15) is 0 Å². The van der Waals surface area contributed by atoms with Gasteiger partial charge in [0.25, 0.3) is 0 Å². The van der Waals surface area contributed by atoms with E-state index >= 15 is 0 Å². The molecule has 0 saturated carbocycles. The molecule has 4 rings (SSSR count). The van der Waals surface area contributed by atoms with E-state index in [9.17, 15) is 10.2 Å². The molecule has 0 aromatic heterocycles. The van der Waals surface area contributed by atoms with Crippen LogP contribution >= 0.6 is 7.26 Å². The van der Waals surface area contributed by atoms with E-state index in [0.717, 1.165) is 24.8 Å². The molecule has 52 heavy (non-hydrogen) atoms. The van der Waals surface area contributed by atoms with Crippen molar-refractivity contribution >= 4 is 23.2 Å². The molecule has 0 aliphatic carbocycles. The maximum atomic E-state index is 10.6. The monoisotopic (exact) mass is 726 g/mol. The third-order valence-electron chi connectivity index (χ3n) is 11.2. The maximum absolute atomic E-state index is 10.6. The number of benzene rings is 4. The fourth-order valence-electron chi connectivity index (χ4n) is 8.15. The molecule has 4 aromatic carbocycles. The van der Waals surface area contributed by atoms with Crippen LogP contribution in [0.25, 0.3) is 0 Å². The number of phenolic OH excluding ortho intramolecular Hbond substituents is 2. The SMILES string of the molecule is COc1c(O)c(C)c(CCCCCCCCCCCCCCCCCCCC[PH](c2ccccc2)(c2ccccc2)c2ccccc2)c(O)c1OC. The first-order valence-corrected chi connectivity index (χ1v) is 22.6. The molecule has 4 aromatic rings. The van der Waals surface area contributed by atoms with Gasteiger partial charge in [-0.05, 0) is 19.8 Å². The Hall–Kier alpha value is -3.49. The summed E-state index contributed by atoms with van der Waals surface area (Å²) in [5, 5.41) is 25.7. The molecular weight excluding hydrogens is 659 g/mol. The van der Waals surface area contributed by atoms with E-state index < -0.39 is 7.26 Å². The Morgan fingerprint density at radius 2 is 0.731 bits per heavy atom. The number of rotatable bonds is 26. The van der Waals surface area contributed by atoms with Crippen molar-refractivity contribution in [3.05, 3.63) is 102 Å². The van der Waals surface area contributed by atoms with Crippen LogP contribution in [0.15, 0.2) is 91.0 Å². The van der Waals surface area contributed by atoms with Gasteiger partial charge >= 0.3 is 191 Å². The van der Waals surface area contributed by atoms with Crippen molar-refractivity contribution in [1.29, 1.82) is 0 Å². The van der Waals surface area contributed by atoms with E-state index in [-0.39, 0.29) is 23.0 Å². The van der Waals surface area contributed by atoms with Crippen LogP contribution in [-0.2, 0) is 6.42 Å². The summed E-state index contributed by atoms with van der Waals surface area (Å²) in [7, 11) is 0.876. The van der Waals surface area contributed by atoms with Crippen LogP contribution in [0.2, 0.25) is 0 Å². The molecule has 0 atom stereocenters. The Kier molecular flexibility index (Phi) is 18.4. The van der Waals surface area contributed by atoms with Crippen LogP contribution in [0.3, 0.4) is 0 Å². The van der Waals surface area contributed by atoms with E-state index in [4.69, 9.17) is 9.47 Å². The molecule has 0 fully saturated rings. The van der Waals surface area contributed by atoms with Crippen molar-refractivity contribution in [3.63, 3.8) is 0 Å². The van der Waals surface area contributed by atoms with Gasteiger partial charge in [0.2, 0.25) is 11.5 Å². The Morgan fingerprint density at radius 3 is 1.08 bits per heavy atom. The maximum Gasteiger partial charge on any atom is 0.207 e. The predicted octanol–water partition coefficient (Wildman–Crippen LogP) is 11.7. The summed E-state index contributed by atoms with van der Waals surface area (Å²) in [6.45, 7) is 1.83. The average Bonchev–Trinajstić information content (AvgIpc) is 3.19. The van der Waals surface area contributed by atoms with Crippen molar-refractivity contribution in [3.8, 4) is 23.0 Å². The number of hydrogen-bond donors (Lipinski definition) is 2. The number of phenols is 2. The minimum absolute atomic E-state index is 0.0554. The second-order valence-corrected chi connectivity index (χ2v) is 18.8. The molecule has 0 bridgehead atoms. The molecule has 2 N–H and O–H groups in total. The van der Waals surface area contributed by atoms with Gasteiger partial charge in [-0.1, -0.05) is 38.5 Å². The van der Waals surface area contributed by atoms with Crippen LogP contribution in [0.5, 0.6) is 23.0 Å². The largest absolute Gasteiger partial charge is 0.504 e. The zero-order chi connectivity index (χ0) is 36.9. The van der Waals surface area contributed by atoms with Crippen molar-refractivity contribution in [1.82, 2.24) is 0 Å². The number of ether oxygens (including phenoxy) is 2. The fraction of sp³-hybridized carbons (Fsp3) is 0.489. The number of hydrogen-bond acceptors (Lipinski definition) is 4. The zero-order valence-electron chi connectivity index (χ0n) is 32.5. The van der Waals surface area contributed by atoms with E-state index in [1.807, 2.05) is 6.92 Å². The minimum atomic E-state index is -2.08. The van der Waals surface area contributed by atoms with Gasteiger partial charge in [-0.3, -0.25) is 0 Å². The van der Waals surface area contributed by atoms with E-state index in [0.29, 0.717) is 5.56 Å². The molecule has 5 heteroatoms. The molecule has 0 saturated heterocycles. The molecule has 0 aliphatic heterocycles. The zero-order valence-corrected chi connectivity index (χ0v) is 33.5. The van der Waals surface area contributed by atoms with Crippen LogP contribution in [0, 0.1) is 6.92 Å². The van der Waals surface area contributed by atoms with Gasteiger partial charge in [0.1, 0.15) is 0 Å². The van der Waals surface area contributed by atoms with E-state index in [2.05, 4.69) is 91.0 Å². The Morgan fingerprint density at radius 1 is 0.423 bits per heavy atom. The second kappa shape index (κ2) is 23.2. The van der Waals surface area contributed by atoms with Crippen molar-refractivity contribution in [2.45, 2.75) is 129 Å². The number of unbranched alkanes of at least 4 members (excludes halogenated alkanes) is 17. The molecule has 0 unspecified atom stereocenters. The van der Waals surface area contributed by atoms with Gasteiger partial charge in [0.05, 0.1) is 14.2 Å². The minimum Gasteiger partial charge on any atom is -0.504 e. The van der Waals surface area contributed by atoms with Crippen LogP contribution in [0.4, 0.5) is 0 Å². The summed E-state index contributed by atoms with van der Waals surface area (Å²) in [6, 6.07) is 34.1. The van der Waals surface area contributed by atoms with Gasteiger partial charge in [0.15, 0.2) is 11.5 Å². The summed E-state index contributed by atoms with van der Waals surface area (Å²) in [5.74, 6) is 0.560. The molecule has 0 spiro atoms. The van der Waals surface area contributed by atoms with E-state index in [1.165, 1.54) is 139 Å². The van der Waals surface area contributed by atoms with Gasteiger partial charge in [-0.15, -0.1) is 0 Å².